The molecule has 1 aliphatic carbocycles. The molecule has 2 atom stereocenters. The van der Waals surface area contributed by atoms with E-state index in [0.29, 0.717) is 17.2 Å². The molecule has 2 unspecified atom stereocenters. The topological polar surface area (TPSA) is 50.4 Å². The first-order chi connectivity index (χ1) is 14.7. The van der Waals surface area contributed by atoms with Gasteiger partial charge in [-0.25, -0.2) is 4.79 Å². The van der Waals surface area contributed by atoms with Crippen LogP contribution in [0.3, 0.4) is 0 Å². The maximum Gasteiger partial charge on any atom is 0.343 e. The molecular formula is C27H30O3. The molecule has 3 heteroatoms. The summed E-state index contributed by atoms with van der Waals surface area (Å²) in [5, 5.41) is 10.9. The summed E-state index contributed by atoms with van der Waals surface area (Å²) in [6.45, 7) is 2.11. The molecule has 1 aromatic heterocycles. The third kappa shape index (κ3) is 4.67. The number of aryl methyl sites for hydroxylation is 1. The maximum absolute atomic E-state index is 13.0. The normalized spacial score (nSPS) is 15.6. The number of rotatable bonds is 9. The average molecular weight is 403 g/mol. The van der Waals surface area contributed by atoms with Crippen LogP contribution in [0.25, 0.3) is 0 Å². The van der Waals surface area contributed by atoms with Crippen LogP contribution in [0.4, 0.5) is 0 Å². The Balaban J connectivity index is 1.54. The van der Waals surface area contributed by atoms with Crippen LogP contribution in [0, 0.1) is 5.92 Å². The Hall–Kier alpha value is -2.81. The Morgan fingerprint density at radius 2 is 1.70 bits per heavy atom. The molecule has 0 spiro atoms. The molecule has 156 valence electrons. The highest BCUT2D eigenvalue weighted by Gasteiger charge is 2.37. The Morgan fingerprint density at radius 1 is 1.03 bits per heavy atom. The molecule has 1 N–H and O–H groups in total. The van der Waals surface area contributed by atoms with E-state index in [1.165, 1.54) is 5.56 Å². The summed E-state index contributed by atoms with van der Waals surface area (Å²) >= 11 is 0. The SMILES string of the molecule is CCC(CCCc1ccccc1)c1cc(O)c(C(c2ccccc2)C2CC2)c(=O)o1. The first-order valence-electron chi connectivity index (χ1n) is 11.1. The van der Waals surface area contributed by atoms with Gasteiger partial charge in [0, 0.05) is 17.9 Å². The van der Waals surface area contributed by atoms with Crippen LogP contribution >= 0.6 is 0 Å². The van der Waals surface area contributed by atoms with Crippen molar-refractivity contribution in [1.29, 1.82) is 0 Å². The minimum absolute atomic E-state index is 0.0866. The van der Waals surface area contributed by atoms with Crippen molar-refractivity contribution >= 4 is 0 Å². The molecule has 1 fully saturated rings. The fourth-order valence-electron chi connectivity index (χ4n) is 4.51. The molecule has 30 heavy (non-hydrogen) atoms. The van der Waals surface area contributed by atoms with Crippen molar-refractivity contribution in [3.8, 4) is 5.75 Å². The standard InChI is InChI=1S/C27H30O3/c1-2-20(15-9-12-19-10-5-3-6-11-19)24-18-23(28)26(27(29)30-24)25(22-16-17-22)21-13-7-4-8-14-21/h3-8,10-11,13-14,18,20,22,25,28H,2,9,12,15-17H2,1H3. The molecular weight excluding hydrogens is 372 g/mol. The lowest BCUT2D eigenvalue weighted by atomic mass is 9.87. The third-order valence-electron chi connectivity index (χ3n) is 6.30. The van der Waals surface area contributed by atoms with Crippen molar-refractivity contribution < 1.29 is 9.52 Å². The lowest BCUT2D eigenvalue weighted by Crippen LogP contribution is -2.17. The van der Waals surface area contributed by atoms with Gasteiger partial charge in [-0.2, -0.15) is 0 Å². The second-order valence-electron chi connectivity index (χ2n) is 8.44. The summed E-state index contributed by atoms with van der Waals surface area (Å²) in [5.41, 5.74) is 2.44. The van der Waals surface area contributed by atoms with Gasteiger partial charge in [0.1, 0.15) is 11.5 Å². The summed E-state index contributed by atoms with van der Waals surface area (Å²) in [4.78, 5) is 13.0. The van der Waals surface area contributed by atoms with Crippen molar-refractivity contribution in [3.63, 3.8) is 0 Å². The van der Waals surface area contributed by atoms with Crippen molar-refractivity contribution in [2.24, 2.45) is 5.92 Å². The van der Waals surface area contributed by atoms with Crippen LogP contribution in [0.15, 0.2) is 75.9 Å². The van der Waals surface area contributed by atoms with E-state index in [2.05, 4.69) is 31.2 Å². The fourth-order valence-corrected chi connectivity index (χ4v) is 4.51. The number of hydrogen-bond donors (Lipinski definition) is 1. The summed E-state index contributed by atoms with van der Waals surface area (Å²) in [6.07, 6.45) is 5.99. The highest BCUT2D eigenvalue weighted by Crippen LogP contribution is 2.47. The van der Waals surface area contributed by atoms with E-state index in [0.717, 1.165) is 44.1 Å². The third-order valence-corrected chi connectivity index (χ3v) is 6.30. The molecule has 1 aliphatic rings. The Labute approximate surface area is 178 Å². The van der Waals surface area contributed by atoms with Gasteiger partial charge in [0.25, 0.3) is 0 Å². The monoisotopic (exact) mass is 402 g/mol. The minimum atomic E-state index is -0.382. The van der Waals surface area contributed by atoms with Crippen molar-refractivity contribution in [2.45, 2.75) is 57.3 Å². The molecule has 1 saturated carbocycles. The van der Waals surface area contributed by atoms with Gasteiger partial charge < -0.3 is 9.52 Å². The van der Waals surface area contributed by atoms with E-state index >= 15 is 0 Å². The molecule has 3 aromatic rings. The fraction of sp³-hybridized carbons (Fsp3) is 0.370. The Kier molecular flexibility index (Phi) is 6.37. The lowest BCUT2D eigenvalue weighted by Gasteiger charge is -2.19. The van der Waals surface area contributed by atoms with E-state index in [-0.39, 0.29) is 23.2 Å². The number of aromatic hydroxyl groups is 1. The quantitative estimate of drug-likeness (QED) is 0.450. The molecule has 0 saturated heterocycles. The molecule has 0 amide bonds. The molecule has 1 heterocycles. The highest BCUT2D eigenvalue weighted by molar-refractivity contribution is 5.41. The maximum atomic E-state index is 13.0. The van der Waals surface area contributed by atoms with Crippen LogP contribution in [0.2, 0.25) is 0 Å². The van der Waals surface area contributed by atoms with Crippen molar-refractivity contribution in [1.82, 2.24) is 0 Å². The van der Waals surface area contributed by atoms with E-state index in [4.69, 9.17) is 4.42 Å². The first kappa shape index (κ1) is 20.5. The van der Waals surface area contributed by atoms with Gasteiger partial charge >= 0.3 is 5.63 Å². The molecule has 4 rings (SSSR count). The number of hydrogen-bond acceptors (Lipinski definition) is 3. The second-order valence-corrected chi connectivity index (χ2v) is 8.44. The van der Waals surface area contributed by atoms with Crippen molar-refractivity contribution in [3.05, 3.63) is 99.6 Å². The predicted octanol–water partition coefficient (Wildman–Crippen LogP) is 6.40. The minimum Gasteiger partial charge on any atom is -0.507 e. The zero-order valence-corrected chi connectivity index (χ0v) is 17.6. The van der Waals surface area contributed by atoms with Gasteiger partial charge in [-0.1, -0.05) is 67.6 Å². The molecule has 2 aromatic carbocycles. The Bertz CT molecular complexity index is 1000. The molecule has 3 nitrogen and oxygen atoms in total. The van der Waals surface area contributed by atoms with Gasteiger partial charge in [0.2, 0.25) is 0 Å². The summed E-state index contributed by atoms with van der Waals surface area (Å²) in [7, 11) is 0. The lowest BCUT2D eigenvalue weighted by molar-refractivity contribution is 0.371. The van der Waals surface area contributed by atoms with E-state index in [9.17, 15) is 9.90 Å². The van der Waals surface area contributed by atoms with Crippen LogP contribution in [-0.2, 0) is 6.42 Å². The zero-order valence-electron chi connectivity index (χ0n) is 17.6. The van der Waals surface area contributed by atoms with Gasteiger partial charge in [0.05, 0.1) is 5.56 Å². The summed E-state index contributed by atoms with van der Waals surface area (Å²) in [6, 6.07) is 22.1. The molecule has 0 radical (unpaired) electrons. The van der Waals surface area contributed by atoms with Crippen molar-refractivity contribution in [2.75, 3.05) is 0 Å². The summed E-state index contributed by atoms with van der Waals surface area (Å²) < 4.78 is 5.81. The van der Waals surface area contributed by atoms with Gasteiger partial charge in [-0.05, 0) is 55.6 Å². The van der Waals surface area contributed by atoms with Gasteiger partial charge in [-0.15, -0.1) is 0 Å². The van der Waals surface area contributed by atoms with Gasteiger partial charge in [-0.3, -0.25) is 0 Å². The Morgan fingerprint density at radius 3 is 2.30 bits per heavy atom. The van der Waals surface area contributed by atoms with E-state index in [1.54, 1.807) is 6.07 Å². The van der Waals surface area contributed by atoms with E-state index in [1.807, 2.05) is 36.4 Å². The van der Waals surface area contributed by atoms with Gasteiger partial charge in [0.15, 0.2) is 0 Å². The van der Waals surface area contributed by atoms with Crippen LogP contribution in [0.1, 0.15) is 73.3 Å². The van der Waals surface area contributed by atoms with Crippen LogP contribution < -0.4 is 5.63 Å². The largest absolute Gasteiger partial charge is 0.507 e. The average Bonchev–Trinajstić information content (AvgIpc) is 3.60. The van der Waals surface area contributed by atoms with E-state index < -0.39 is 0 Å². The molecule has 0 aliphatic heterocycles. The van der Waals surface area contributed by atoms with Crippen LogP contribution in [-0.4, -0.2) is 5.11 Å². The zero-order chi connectivity index (χ0) is 20.9. The first-order valence-corrected chi connectivity index (χ1v) is 11.1. The highest BCUT2D eigenvalue weighted by atomic mass is 16.4. The molecule has 0 bridgehead atoms. The van der Waals surface area contributed by atoms with Crippen LogP contribution in [0.5, 0.6) is 5.75 Å². The number of benzene rings is 2. The summed E-state index contributed by atoms with van der Waals surface area (Å²) in [5.74, 6) is 1.15. The predicted molar refractivity (Wildman–Crippen MR) is 120 cm³/mol. The second kappa shape index (κ2) is 9.34. The smallest absolute Gasteiger partial charge is 0.343 e.